The SMILES string of the molecule is O=C(c1nccs1)c1c(F)c(F)c(F)c(F)c1F. The second-order valence-electron chi connectivity index (χ2n) is 3.11. The van der Waals surface area contributed by atoms with Crippen molar-refractivity contribution in [1.29, 1.82) is 0 Å². The van der Waals surface area contributed by atoms with Gasteiger partial charge < -0.3 is 0 Å². The Morgan fingerprint density at radius 3 is 1.89 bits per heavy atom. The van der Waals surface area contributed by atoms with Crippen LogP contribution in [-0.4, -0.2) is 10.8 Å². The van der Waals surface area contributed by atoms with Crippen LogP contribution in [0.3, 0.4) is 0 Å². The molecule has 0 fully saturated rings. The van der Waals surface area contributed by atoms with E-state index < -0.39 is 40.4 Å². The maximum Gasteiger partial charge on any atom is 0.227 e. The molecule has 0 amide bonds. The molecule has 2 aromatic rings. The Balaban J connectivity index is 2.69. The quantitative estimate of drug-likeness (QED) is 0.366. The first-order chi connectivity index (χ1) is 8.45. The molecule has 0 unspecified atom stereocenters. The van der Waals surface area contributed by atoms with Crippen molar-refractivity contribution < 1.29 is 26.7 Å². The molecule has 0 aliphatic carbocycles. The number of ketones is 1. The summed E-state index contributed by atoms with van der Waals surface area (Å²) in [6.45, 7) is 0. The van der Waals surface area contributed by atoms with E-state index in [0.29, 0.717) is 0 Å². The van der Waals surface area contributed by atoms with Crippen LogP contribution in [-0.2, 0) is 0 Å². The zero-order valence-corrected chi connectivity index (χ0v) is 9.12. The fourth-order valence-corrected chi connectivity index (χ4v) is 1.83. The molecule has 0 saturated heterocycles. The lowest BCUT2D eigenvalue weighted by Crippen LogP contribution is -2.13. The number of carbonyl (C=O) groups is 1. The van der Waals surface area contributed by atoms with Crippen molar-refractivity contribution >= 4 is 17.1 Å². The Labute approximate surface area is 101 Å². The summed E-state index contributed by atoms with van der Waals surface area (Å²) >= 11 is 0.727. The van der Waals surface area contributed by atoms with Gasteiger partial charge in [-0.1, -0.05) is 0 Å². The number of halogens is 5. The first-order valence-corrected chi connectivity index (χ1v) is 5.28. The first kappa shape index (κ1) is 12.6. The fraction of sp³-hybridized carbons (Fsp3) is 0. The summed E-state index contributed by atoms with van der Waals surface area (Å²) in [6, 6.07) is 0. The van der Waals surface area contributed by atoms with Crippen molar-refractivity contribution in [2.24, 2.45) is 0 Å². The minimum absolute atomic E-state index is 0.363. The van der Waals surface area contributed by atoms with Gasteiger partial charge in [0.05, 0.1) is 0 Å². The monoisotopic (exact) mass is 279 g/mol. The van der Waals surface area contributed by atoms with E-state index in [9.17, 15) is 26.7 Å². The molecule has 1 heterocycles. The van der Waals surface area contributed by atoms with Crippen molar-refractivity contribution in [3.63, 3.8) is 0 Å². The Kier molecular flexibility index (Phi) is 3.12. The summed E-state index contributed by atoms with van der Waals surface area (Å²) in [5.74, 6) is -12.3. The number of aromatic nitrogens is 1. The van der Waals surface area contributed by atoms with E-state index in [2.05, 4.69) is 4.98 Å². The van der Waals surface area contributed by atoms with Crippen LogP contribution in [0.2, 0.25) is 0 Å². The van der Waals surface area contributed by atoms with Crippen LogP contribution in [0.25, 0.3) is 0 Å². The van der Waals surface area contributed by atoms with E-state index in [-0.39, 0.29) is 5.01 Å². The van der Waals surface area contributed by atoms with E-state index in [0.717, 1.165) is 11.3 Å². The van der Waals surface area contributed by atoms with Crippen LogP contribution in [0.1, 0.15) is 15.4 Å². The van der Waals surface area contributed by atoms with Crippen molar-refractivity contribution in [3.05, 3.63) is 51.2 Å². The summed E-state index contributed by atoms with van der Waals surface area (Å²) in [5.41, 5.74) is -1.50. The third-order valence-electron chi connectivity index (χ3n) is 2.06. The third kappa shape index (κ3) is 1.78. The van der Waals surface area contributed by atoms with Gasteiger partial charge in [-0.3, -0.25) is 4.79 Å². The predicted molar refractivity (Wildman–Crippen MR) is 51.8 cm³/mol. The Bertz CT molecular complexity index is 597. The number of hydrogen-bond donors (Lipinski definition) is 0. The molecule has 1 aromatic heterocycles. The highest BCUT2D eigenvalue weighted by atomic mass is 32.1. The first-order valence-electron chi connectivity index (χ1n) is 4.40. The molecule has 94 valence electrons. The number of nitrogens with zero attached hydrogens (tertiary/aromatic N) is 1. The van der Waals surface area contributed by atoms with Crippen LogP contribution in [0, 0.1) is 29.1 Å². The molecule has 2 nitrogen and oxygen atoms in total. The molecule has 0 N–H and O–H groups in total. The lowest BCUT2D eigenvalue weighted by Gasteiger charge is -2.05. The normalized spacial score (nSPS) is 10.7. The average molecular weight is 279 g/mol. The van der Waals surface area contributed by atoms with Gasteiger partial charge in [0.25, 0.3) is 0 Å². The van der Waals surface area contributed by atoms with Crippen molar-refractivity contribution in [2.75, 3.05) is 0 Å². The van der Waals surface area contributed by atoms with E-state index in [1.165, 1.54) is 11.6 Å². The molecule has 8 heteroatoms. The molecular formula is C10H2F5NOS. The zero-order valence-electron chi connectivity index (χ0n) is 8.31. The smallest absolute Gasteiger partial charge is 0.227 e. The van der Waals surface area contributed by atoms with Crippen molar-refractivity contribution in [1.82, 2.24) is 4.98 Å². The summed E-state index contributed by atoms with van der Waals surface area (Å²) in [7, 11) is 0. The molecule has 18 heavy (non-hydrogen) atoms. The van der Waals surface area contributed by atoms with Crippen LogP contribution in [0.15, 0.2) is 11.6 Å². The number of thiazole rings is 1. The Morgan fingerprint density at radius 2 is 1.44 bits per heavy atom. The maximum atomic E-state index is 13.3. The molecule has 0 radical (unpaired) electrons. The van der Waals surface area contributed by atoms with Gasteiger partial charge >= 0.3 is 0 Å². The number of hydrogen-bond acceptors (Lipinski definition) is 3. The van der Waals surface area contributed by atoms with E-state index in [1.807, 2.05) is 0 Å². The molecule has 0 saturated carbocycles. The third-order valence-corrected chi connectivity index (χ3v) is 2.84. The molecule has 0 aliphatic heterocycles. The number of benzene rings is 1. The molecular weight excluding hydrogens is 277 g/mol. The van der Waals surface area contributed by atoms with Gasteiger partial charge in [-0.15, -0.1) is 11.3 Å². The zero-order chi connectivity index (χ0) is 13.4. The number of carbonyl (C=O) groups excluding carboxylic acids is 1. The van der Waals surface area contributed by atoms with Crippen LogP contribution < -0.4 is 0 Å². The summed E-state index contributed by atoms with van der Waals surface area (Å²) in [4.78, 5) is 15.0. The van der Waals surface area contributed by atoms with Gasteiger partial charge in [-0.25, -0.2) is 26.9 Å². The average Bonchev–Trinajstić information content (AvgIpc) is 2.88. The second-order valence-corrected chi connectivity index (χ2v) is 4.01. The standard InChI is InChI=1S/C10H2F5NOS/c11-4-3(9(17)10-16-1-2-18-10)5(12)7(14)8(15)6(4)13/h1-2H. The molecule has 0 atom stereocenters. The fourth-order valence-electron chi connectivity index (χ4n) is 1.25. The summed E-state index contributed by atoms with van der Waals surface area (Å²) in [5, 5.41) is 0.970. The molecule has 1 aromatic carbocycles. The highest BCUT2D eigenvalue weighted by molar-refractivity contribution is 7.11. The summed E-state index contributed by atoms with van der Waals surface area (Å²) in [6.07, 6.45) is 1.17. The van der Waals surface area contributed by atoms with E-state index in [4.69, 9.17) is 0 Å². The molecule has 0 bridgehead atoms. The lowest BCUT2D eigenvalue weighted by atomic mass is 10.1. The lowest BCUT2D eigenvalue weighted by molar-refractivity contribution is 0.102. The van der Waals surface area contributed by atoms with Crippen molar-refractivity contribution in [2.45, 2.75) is 0 Å². The van der Waals surface area contributed by atoms with E-state index in [1.54, 1.807) is 0 Å². The largest absolute Gasteiger partial charge is 0.286 e. The minimum atomic E-state index is -2.30. The topological polar surface area (TPSA) is 30.0 Å². The summed E-state index contributed by atoms with van der Waals surface area (Å²) < 4.78 is 65.1. The highest BCUT2D eigenvalue weighted by Crippen LogP contribution is 2.25. The molecule has 2 rings (SSSR count). The Morgan fingerprint density at radius 1 is 0.944 bits per heavy atom. The Hall–Kier alpha value is -1.83. The van der Waals surface area contributed by atoms with Gasteiger partial charge in [0.15, 0.2) is 28.3 Å². The second kappa shape index (κ2) is 4.45. The highest BCUT2D eigenvalue weighted by Gasteiger charge is 2.30. The minimum Gasteiger partial charge on any atom is -0.286 e. The van der Waals surface area contributed by atoms with Gasteiger partial charge in [-0.05, 0) is 0 Å². The van der Waals surface area contributed by atoms with E-state index >= 15 is 0 Å². The van der Waals surface area contributed by atoms with Crippen LogP contribution >= 0.6 is 11.3 Å². The molecule has 0 aliphatic rings. The van der Waals surface area contributed by atoms with Gasteiger partial charge in [-0.2, -0.15) is 0 Å². The van der Waals surface area contributed by atoms with Gasteiger partial charge in [0.1, 0.15) is 5.56 Å². The van der Waals surface area contributed by atoms with Gasteiger partial charge in [0.2, 0.25) is 11.6 Å². The predicted octanol–water partition coefficient (Wildman–Crippen LogP) is 3.07. The number of rotatable bonds is 2. The van der Waals surface area contributed by atoms with Crippen LogP contribution in [0.5, 0.6) is 0 Å². The van der Waals surface area contributed by atoms with Crippen molar-refractivity contribution in [3.8, 4) is 0 Å². The molecule has 0 spiro atoms. The maximum absolute atomic E-state index is 13.3. The van der Waals surface area contributed by atoms with Crippen LogP contribution in [0.4, 0.5) is 22.0 Å². The van der Waals surface area contributed by atoms with Gasteiger partial charge in [0, 0.05) is 11.6 Å².